The van der Waals surface area contributed by atoms with Crippen LogP contribution in [0.5, 0.6) is 0 Å². The van der Waals surface area contributed by atoms with E-state index >= 15 is 0 Å². The lowest BCUT2D eigenvalue weighted by atomic mass is 10.1. The van der Waals surface area contributed by atoms with Gasteiger partial charge in [0.05, 0.1) is 5.60 Å². The average molecular weight is 277 g/mol. The molecular formula is C16H23NOS. The minimum atomic E-state index is -1.21. The van der Waals surface area contributed by atoms with Crippen LogP contribution in [0.2, 0.25) is 0 Å². The zero-order valence-corrected chi connectivity index (χ0v) is 12.7. The number of nitrogens with one attached hydrogen (secondary N) is 1. The van der Waals surface area contributed by atoms with Crippen LogP contribution < -0.4 is 4.72 Å². The maximum Gasteiger partial charge on any atom is 0.0684 e. The van der Waals surface area contributed by atoms with Crippen molar-refractivity contribution in [1.29, 1.82) is 0 Å². The highest BCUT2D eigenvalue weighted by molar-refractivity contribution is 8.37. The molecule has 2 rings (SSSR count). The van der Waals surface area contributed by atoms with Crippen molar-refractivity contribution >= 4 is 15.8 Å². The number of allylic oxidation sites excluding steroid dienone is 2. The first-order chi connectivity index (χ1) is 8.94. The van der Waals surface area contributed by atoms with Crippen molar-refractivity contribution in [3.8, 4) is 0 Å². The van der Waals surface area contributed by atoms with E-state index in [2.05, 4.69) is 52.8 Å². The normalized spacial score (nSPS) is 26.0. The third kappa shape index (κ3) is 3.72. The second kappa shape index (κ2) is 5.53. The lowest BCUT2D eigenvalue weighted by molar-refractivity contribution is 0.106. The number of benzene rings is 1. The van der Waals surface area contributed by atoms with E-state index in [9.17, 15) is 5.11 Å². The van der Waals surface area contributed by atoms with Crippen LogP contribution >= 0.6 is 10.2 Å². The Hall–Kier alpha value is -1.03. The average Bonchev–Trinajstić information content (AvgIpc) is 2.72. The Morgan fingerprint density at radius 2 is 1.89 bits per heavy atom. The predicted octanol–water partition coefficient (Wildman–Crippen LogP) is 3.65. The maximum atomic E-state index is 10.1. The predicted molar refractivity (Wildman–Crippen MR) is 86.0 cm³/mol. The molecular weight excluding hydrogens is 254 g/mol. The Bertz CT molecular complexity index is 487. The van der Waals surface area contributed by atoms with Gasteiger partial charge < -0.3 is 5.11 Å². The van der Waals surface area contributed by atoms with Crippen molar-refractivity contribution in [3.63, 3.8) is 0 Å². The fourth-order valence-corrected chi connectivity index (χ4v) is 5.68. The van der Waals surface area contributed by atoms with E-state index < -0.39 is 15.8 Å². The molecule has 0 saturated carbocycles. The highest BCUT2D eigenvalue weighted by Gasteiger charge is 2.29. The van der Waals surface area contributed by atoms with E-state index in [0.717, 1.165) is 12.3 Å². The summed E-state index contributed by atoms with van der Waals surface area (Å²) in [5.41, 5.74) is 1.83. The first-order valence-electron chi connectivity index (χ1n) is 6.67. The Labute approximate surface area is 117 Å². The second-order valence-electron chi connectivity index (χ2n) is 5.55. The SMILES string of the molecule is CCNS1(CC(C)(C)O)C=CC(c2ccccc2)=C1. The molecule has 2 N–H and O–H groups in total. The third-order valence-electron chi connectivity index (χ3n) is 2.94. The Morgan fingerprint density at radius 1 is 1.21 bits per heavy atom. The van der Waals surface area contributed by atoms with Crippen LogP contribution in [0.1, 0.15) is 26.3 Å². The third-order valence-corrected chi connectivity index (χ3v) is 6.25. The molecule has 0 bridgehead atoms. The summed E-state index contributed by atoms with van der Waals surface area (Å²) >= 11 is 0. The summed E-state index contributed by atoms with van der Waals surface area (Å²) in [4.78, 5) is 0. The molecule has 0 amide bonds. The summed E-state index contributed by atoms with van der Waals surface area (Å²) < 4.78 is 3.57. The van der Waals surface area contributed by atoms with E-state index in [1.54, 1.807) is 0 Å². The molecule has 1 aliphatic rings. The standard InChI is InChI=1S/C16H23NOS/c1-4-17-19(13-16(2,3)18)11-10-15(12-19)14-8-6-5-7-9-14/h5-12,17-18H,4,13H2,1-3H3. The van der Waals surface area contributed by atoms with Gasteiger partial charge in [-0.1, -0.05) is 37.3 Å². The van der Waals surface area contributed by atoms with E-state index in [4.69, 9.17) is 0 Å². The Balaban J connectivity index is 2.29. The fourth-order valence-electron chi connectivity index (χ4n) is 2.38. The first kappa shape index (κ1) is 14.4. The van der Waals surface area contributed by atoms with E-state index in [1.165, 1.54) is 11.1 Å². The molecule has 19 heavy (non-hydrogen) atoms. The van der Waals surface area contributed by atoms with Crippen molar-refractivity contribution in [2.24, 2.45) is 0 Å². The molecule has 0 fully saturated rings. The van der Waals surface area contributed by atoms with Gasteiger partial charge in [0.1, 0.15) is 0 Å². The zero-order chi connectivity index (χ0) is 13.9. The van der Waals surface area contributed by atoms with Gasteiger partial charge in [-0.3, -0.25) is 4.72 Å². The van der Waals surface area contributed by atoms with Gasteiger partial charge in [0, 0.05) is 12.3 Å². The highest BCUT2D eigenvalue weighted by atomic mass is 32.3. The van der Waals surface area contributed by atoms with Gasteiger partial charge in [0.25, 0.3) is 0 Å². The molecule has 1 heterocycles. The summed E-state index contributed by atoms with van der Waals surface area (Å²) in [6.45, 7) is 6.78. The number of hydrogen-bond acceptors (Lipinski definition) is 2. The Morgan fingerprint density at radius 3 is 2.47 bits per heavy atom. The van der Waals surface area contributed by atoms with Crippen molar-refractivity contribution in [3.05, 3.63) is 52.8 Å². The smallest absolute Gasteiger partial charge is 0.0684 e. The monoisotopic (exact) mass is 277 g/mol. The van der Waals surface area contributed by atoms with Crippen LogP contribution in [0, 0.1) is 0 Å². The molecule has 1 atom stereocenters. The molecule has 1 aliphatic heterocycles. The molecule has 2 nitrogen and oxygen atoms in total. The zero-order valence-electron chi connectivity index (χ0n) is 11.9. The van der Waals surface area contributed by atoms with Gasteiger partial charge in [-0.2, -0.15) is 0 Å². The van der Waals surface area contributed by atoms with Gasteiger partial charge >= 0.3 is 0 Å². The van der Waals surface area contributed by atoms with Crippen molar-refractivity contribution < 1.29 is 5.11 Å². The molecule has 0 aromatic heterocycles. The highest BCUT2D eigenvalue weighted by Crippen LogP contribution is 2.55. The molecule has 1 aromatic carbocycles. The lowest BCUT2D eigenvalue weighted by Gasteiger charge is -2.37. The molecule has 0 aliphatic carbocycles. The van der Waals surface area contributed by atoms with Gasteiger partial charge in [0.2, 0.25) is 0 Å². The summed E-state index contributed by atoms with van der Waals surface area (Å²) in [5.74, 6) is 0.751. The van der Waals surface area contributed by atoms with Gasteiger partial charge in [-0.25, -0.2) is 0 Å². The molecule has 1 unspecified atom stereocenters. The van der Waals surface area contributed by atoms with Crippen LogP contribution in [0.25, 0.3) is 5.57 Å². The molecule has 1 aromatic rings. The van der Waals surface area contributed by atoms with E-state index in [-0.39, 0.29) is 0 Å². The number of hydrogen-bond donors (Lipinski definition) is 2. The Kier molecular flexibility index (Phi) is 4.19. The molecule has 0 radical (unpaired) electrons. The van der Waals surface area contributed by atoms with Crippen molar-refractivity contribution in [1.82, 2.24) is 4.72 Å². The van der Waals surface area contributed by atoms with Crippen LogP contribution in [0.15, 0.2) is 47.2 Å². The summed E-state index contributed by atoms with van der Waals surface area (Å²) in [7, 11) is -1.21. The maximum absolute atomic E-state index is 10.1. The summed E-state index contributed by atoms with van der Waals surface area (Å²) in [6.07, 6.45) is 2.18. The first-order valence-corrected chi connectivity index (χ1v) is 8.60. The fraction of sp³-hybridized carbons (Fsp3) is 0.375. The topological polar surface area (TPSA) is 32.3 Å². The van der Waals surface area contributed by atoms with Gasteiger partial charge in [0.15, 0.2) is 0 Å². The minimum Gasteiger partial charge on any atom is -0.390 e. The van der Waals surface area contributed by atoms with Crippen LogP contribution in [0.3, 0.4) is 0 Å². The van der Waals surface area contributed by atoms with Crippen LogP contribution in [-0.4, -0.2) is 23.0 Å². The quantitative estimate of drug-likeness (QED) is 0.861. The number of aliphatic hydroxyl groups is 1. The van der Waals surface area contributed by atoms with Crippen molar-refractivity contribution in [2.45, 2.75) is 26.4 Å². The van der Waals surface area contributed by atoms with E-state index in [0.29, 0.717) is 0 Å². The summed E-state index contributed by atoms with van der Waals surface area (Å²) in [5, 5.41) is 14.7. The second-order valence-corrected chi connectivity index (χ2v) is 8.33. The minimum absolute atomic E-state index is 0.662. The molecule has 3 heteroatoms. The van der Waals surface area contributed by atoms with Gasteiger partial charge in [-0.05, 0) is 41.9 Å². The van der Waals surface area contributed by atoms with Crippen LogP contribution in [0.4, 0.5) is 0 Å². The number of rotatable bonds is 5. The summed E-state index contributed by atoms with van der Waals surface area (Å²) in [6, 6.07) is 10.4. The van der Waals surface area contributed by atoms with Crippen LogP contribution in [-0.2, 0) is 0 Å². The molecule has 104 valence electrons. The van der Waals surface area contributed by atoms with Crippen molar-refractivity contribution in [2.75, 3.05) is 12.3 Å². The largest absolute Gasteiger partial charge is 0.390 e. The van der Waals surface area contributed by atoms with E-state index in [1.807, 2.05) is 19.9 Å². The molecule has 0 spiro atoms. The lowest BCUT2D eigenvalue weighted by Crippen LogP contribution is -2.32. The van der Waals surface area contributed by atoms with Gasteiger partial charge in [-0.15, -0.1) is 10.2 Å². The molecule has 0 saturated heterocycles.